The van der Waals surface area contributed by atoms with Crippen LogP contribution in [-0.4, -0.2) is 31.8 Å². The number of amides is 1. The first-order chi connectivity index (χ1) is 6.27. The van der Waals surface area contributed by atoms with E-state index in [0.29, 0.717) is 6.54 Å². The van der Waals surface area contributed by atoms with Gasteiger partial charge in [0.15, 0.2) is 0 Å². The van der Waals surface area contributed by atoms with Crippen molar-refractivity contribution >= 4 is 33.4 Å². The number of hydrogen-bond donors (Lipinski definition) is 0. The van der Waals surface area contributed by atoms with Crippen molar-refractivity contribution in [2.45, 2.75) is 17.8 Å². The minimum Gasteiger partial charge on any atom is -0.336 e. The molecule has 0 aromatic carbocycles. The Hall–Kier alpha value is -0.490. The summed E-state index contributed by atoms with van der Waals surface area (Å²) < 4.78 is 3.75. The quantitative estimate of drug-likeness (QED) is 0.748. The number of carbonyl (C=O) groups excluding carboxylic acids is 1. The molecule has 1 aromatic heterocycles. The van der Waals surface area contributed by atoms with Crippen LogP contribution in [0.3, 0.4) is 0 Å². The molecule has 2 rings (SSSR count). The third-order valence-corrected chi connectivity index (χ3v) is 3.48. The van der Waals surface area contributed by atoms with Crippen molar-refractivity contribution < 1.29 is 4.79 Å². The molecular weight excluding hydrogens is 254 g/mol. The zero-order chi connectivity index (χ0) is 9.26. The van der Waals surface area contributed by atoms with Gasteiger partial charge in [-0.25, -0.2) is 0 Å². The third kappa shape index (κ3) is 1.88. The summed E-state index contributed by atoms with van der Waals surface area (Å²) in [6.45, 7) is 1.48. The van der Waals surface area contributed by atoms with Gasteiger partial charge in [0.2, 0.25) is 5.91 Å². The third-order valence-electron chi connectivity index (χ3n) is 1.99. The van der Waals surface area contributed by atoms with E-state index in [4.69, 9.17) is 0 Å². The minimum atomic E-state index is 0.00776. The van der Waals surface area contributed by atoms with Gasteiger partial charge in [0.25, 0.3) is 0 Å². The lowest BCUT2D eigenvalue weighted by molar-refractivity contribution is -0.127. The fourth-order valence-electron chi connectivity index (χ4n) is 1.30. The van der Waals surface area contributed by atoms with Gasteiger partial charge in [-0.2, -0.15) is 0 Å². The molecule has 6 heteroatoms. The van der Waals surface area contributed by atoms with E-state index in [0.717, 1.165) is 17.8 Å². The first kappa shape index (κ1) is 9.08. The van der Waals surface area contributed by atoms with Crippen LogP contribution in [0.4, 0.5) is 0 Å². The van der Waals surface area contributed by atoms with Crippen LogP contribution in [0.25, 0.3) is 0 Å². The molecule has 1 saturated heterocycles. The summed E-state index contributed by atoms with van der Waals surface area (Å²) in [6.07, 6.45) is 2.60. The number of halogens is 1. The standard InChI is InChI=1S/C7H8BrN3OS/c8-6-1-2-11(7(6)12)4-5-3-9-10-13-5/h3,6H,1-2,4H2. The SMILES string of the molecule is O=C1C(Br)CCN1Cc1cnns1. The molecule has 1 fully saturated rings. The maximum Gasteiger partial charge on any atom is 0.236 e. The molecule has 1 unspecified atom stereocenters. The van der Waals surface area contributed by atoms with Gasteiger partial charge in [0.05, 0.1) is 22.4 Å². The average molecular weight is 262 g/mol. The molecule has 1 aromatic rings. The highest BCUT2D eigenvalue weighted by atomic mass is 79.9. The van der Waals surface area contributed by atoms with Crippen LogP contribution in [0, 0.1) is 0 Å². The summed E-state index contributed by atoms with van der Waals surface area (Å²) in [4.78, 5) is 14.3. The largest absolute Gasteiger partial charge is 0.336 e. The second kappa shape index (κ2) is 3.71. The second-order valence-corrected chi connectivity index (χ2v) is 4.88. The first-order valence-electron chi connectivity index (χ1n) is 3.96. The monoisotopic (exact) mass is 261 g/mol. The molecule has 1 amide bonds. The Balaban J connectivity index is 2.00. The Labute approximate surface area is 88.2 Å². The number of carbonyl (C=O) groups is 1. The molecule has 1 atom stereocenters. The van der Waals surface area contributed by atoms with Crippen LogP contribution in [0.1, 0.15) is 11.3 Å². The normalized spacial score (nSPS) is 22.7. The van der Waals surface area contributed by atoms with Crippen molar-refractivity contribution in [2.75, 3.05) is 6.54 Å². The highest BCUT2D eigenvalue weighted by Crippen LogP contribution is 2.20. The van der Waals surface area contributed by atoms with Crippen LogP contribution in [0.15, 0.2) is 6.20 Å². The van der Waals surface area contributed by atoms with Gasteiger partial charge in [0, 0.05) is 6.54 Å². The lowest BCUT2D eigenvalue weighted by Crippen LogP contribution is -2.26. The van der Waals surface area contributed by atoms with Crippen LogP contribution in [-0.2, 0) is 11.3 Å². The molecule has 0 bridgehead atoms. The van der Waals surface area contributed by atoms with Gasteiger partial charge < -0.3 is 4.90 Å². The maximum atomic E-state index is 11.5. The lowest BCUT2D eigenvalue weighted by atomic mass is 10.4. The molecule has 0 spiro atoms. The van der Waals surface area contributed by atoms with E-state index in [-0.39, 0.29) is 10.7 Å². The molecule has 13 heavy (non-hydrogen) atoms. The van der Waals surface area contributed by atoms with E-state index in [1.54, 1.807) is 6.20 Å². The molecule has 4 nitrogen and oxygen atoms in total. The van der Waals surface area contributed by atoms with Crippen molar-refractivity contribution in [3.05, 3.63) is 11.1 Å². The number of likely N-dealkylation sites (tertiary alicyclic amines) is 1. The van der Waals surface area contributed by atoms with Gasteiger partial charge in [0.1, 0.15) is 0 Å². The fourth-order valence-corrected chi connectivity index (χ4v) is 2.30. The molecule has 0 aliphatic carbocycles. The number of aromatic nitrogens is 2. The number of nitrogens with zero attached hydrogens (tertiary/aromatic N) is 3. The Morgan fingerprint density at radius 1 is 1.77 bits per heavy atom. The van der Waals surface area contributed by atoms with Gasteiger partial charge in [-0.3, -0.25) is 4.79 Å². The van der Waals surface area contributed by atoms with E-state index in [1.807, 2.05) is 4.90 Å². The average Bonchev–Trinajstić information content (AvgIpc) is 2.71. The van der Waals surface area contributed by atoms with Crippen LogP contribution >= 0.6 is 27.5 Å². The van der Waals surface area contributed by atoms with E-state index in [2.05, 4.69) is 25.5 Å². The first-order valence-corrected chi connectivity index (χ1v) is 5.65. The van der Waals surface area contributed by atoms with Crippen molar-refractivity contribution in [1.82, 2.24) is 14.5 Å². The van der Waals surface area contributed by atoms with Crippen molar-refractivity contribution in [2.24, 2.45) is 0 Å². The Bertz CT molecular complexity index is 303. The second-order valence-electron chi connectivity index (χ2n) is 2.90. The van der Waals surface area contributed by atoms with Gasteiger partial charge in [-0.15, -0.1) is 5.10 Å². The zero-order valence-electron chi connectivity index (χ0n) is 6.81. The molecule has 0 N–H and O–H groups in total. The minimum absolute atomic E-state index is 0.00776. The van der Waals surface area contributed by atoms with Gasteiger partial charge in [-0.05, 0) is 18.0 Å². The predicted octanol–water partition coefficient (Wildman–Crippen LogP) is 1.03. The van der Waals surface area contributed by atoms with Crippen molar-refractivity contribution in [3.63, 3.8) is 0 Å². The van der Waals surface area contributed by atoms with Crippen molar-refractivity contribution in [1.29, 1.82) is 0 Å². The summed E-state index contributed by atoms with van der Waals surface area (Å²) >= 11 is 4.67. The number of rotatable bonds is 2. The van der Waals surface area contributed by atoms with Crippen LogP contribution < -0.4 is 0 Å². The summed E-state index contributed by atoms with van der Waals surface area (Å²) in [7, 11) is 0. The summed E-state index contributed by atoms with van der Waals surface area (Å²) in [5.41, 5.74) is 0. The highest BCUT2D eigenvalue weighted by Gasteiger charge is 2.29. The molecule has 0 saturated carbocycles. The highest BCUT2D eigenvalue weighted by molar-refractivity contribution is 9.10. The van der Waals surface area contributed by atoms with E-state index in [1.165, 1.54) is 11.5 Å². The van der Waals surface area contributed by atoms with Crippen LogP contribution in [0.5, 0.6) is 0 Å². The fraction of sp³-hybridized carbons (Fsp3) is 0.571. The summed E-state index contributed by atoms with van der Waals surface area (Å²) in [5.74, 6) is 0.174. The molecule has 1 aliphatic rings. The Kier molecular flexibility index (Phi) is 2.59. The van der Waals surface area contributed by atoms with E-state index < -0.39 is 0 Å². The summed E-state index contributed by atoms with van der Waals surface area (Å²) in [5, 5.41) is 3.73. The molecule has 70 valence electrons. The molecular formula is C7H8BrN3OS. The van der Waals surface area contributed by atoms with E-state index >= 15 is 0 Å². The van der Waals surface area contributed by atoms with Gasteiger partial charge >= 0.3 is 0 Å². The summed E-state index contributed by atoms with van der Waals surface area (Å²) in [6, 6.07) is 0. The molecule has 2 heterocycles. The van der Waals surface area contributed by atoms with Crippen molar-refractivity contribution in [3.8, 4) is 0 Å². The topological polar surface area (TPSA) is 46.1 Å². The molecule has 1 aliphatic heterocycles. The van der Waals surface area contributed by atoms with Gasteiger partial charge in [-0.1, -0.05) is 20.4 Å². The molecule has 0 radical (unpaired) electrons. The Morgan fingerprint density at radius 2 is 2.62 bits per heavy atom. The number of alkyl halides is 1. The maximum absolute atomic E-state index is 11.5. The van der Waals surface area contributed by atoms with Crippen LogP contribution in [0.2, 0.25) is 0 Å². The van der Waals surface area contributed by atoms with E-state index in [9.17, 15) is 4.79 Å². The Morgan fingerprint density at radius 3 is 3.15 bits per heavy atom. The predicted molar refractivity (Wildman–Crippen MR) is 52.7 cm³/mol. The number of hydrogen-bond acceptors (Lipinski definition) is 4. The zero-order valence-corrected chi connectivity index (χ0v) is 9.21. The lowest BCUT2D eigenvalue weighted by Gasteiger charge is -2.13. The smallest absolute Gasteiger partial charge is 0.236 e.